The molecule has 1 aliphatic heterocycles. The summed E-state index contributed by atoms with van der Waals surface area (Å²) in [5.74, 6) is -3.97. The Morgan fingerprint density at radius 3 is 2.20 bits per heavy atom. The second kappa shape index (κ2) is 14.9. The Morgan fingerprint density at radius 2 is 1.52 bits per heavy atom. The zero-order valence-electron chi connectivity index (χ0n) is 25.1. The van der Waals surface area contributed by atoms with Gasteiger partial charge in [-0.05, 0) is 65.8 Å². The molecule has 5 rings (SSSR count). The van der Waals surface area contributed by atoms with Crippen molar-refractivity contribution >= 4 is 29.5 Å². The first-order valence-electron chi connectivity index (χ1n) is 14.9. The smallest absolute Gasteiger partial charge is 0.343 e. The van der Waals surface area contributed by atoms with Crippen molar-refractivity contribution in [3.63, 3.8) is 0 Å². The fraction of sp³-hybridized carbons (Fsp3) is 0.222. The molecule has 1 unspecified atom stereocenters. The monoisotopic (exact) mass is 622 g/mol. The van der Waals surface area contributed by atoms with Gasteiger partial charge in [0, 0.05) is 12.1 Å². The molecule has 0 bridgehead atoms. The van der Waals surface area contributed by atoms with Gasteiger partial charge >= 0.3 is 17.9 Å². The summed E-state index contributed by atoms with van der Waals surface area (Å²) in [6.07, 6.45) is 0.759. The first-order valence-corrected chi connectivity index (χ1v) is 14.9. The molecule has 0 aromatic heterocycles. The Kier molecular flexibility index (Phi) is 10.3. The Balaban J connectivity index is 1.45. The Labute approximate surface area is 266 Å². The number of nitrogen functional groups attached to an aromatic ring is 1. The normalized spacial score (nSPS) is 13.2. The fourth-order valence-corrected chi connectivity index (χ4v) is 5.26. The summed E-state index contributed by atoms with van der Waals surface area (Å²) in [6, 6.07) is 26.1. The molecular formula is C36H34N2O8. The van der Waals surface area contributed by atoms with Crippen LogP contribution in [0.4, 0.5) is 5.69 Å². The molecule has 10 nitrogen and oxygen atoms in total. The van der Waals surface area contributed by atoms with Gasteiger partial charge in [0.25, 0.3) is 5.91 Å². The second-order valence-corrected chi connectivity index (χ2v) is 10.8. The van der Waals surface area contributed by atoms with E-state index in [1.807, 2.05) is 60.7 Å². The van der Waals surface area contributed by atoms with Crippen LogP contribution in [0, 0.1) is 0 Å². The highest BCUT2D eigenvalue weighted by Gasteiger charge is 2.32. The summed E-state index contributed by atoms with van der Waals surface area (Å²) >= 11 is 0. The number of carbonyl (C=O) groups is 4. The van der Waals surface area contributed by atoms with Crippen LogP contribution in [0.15, 0.2) is 91.0 Å². The number of hydrogen-bond donors (Lipinski definition) is 2. The molecule has 0 saturated carbocycles. The zero-order chi connectivity index (χ0) is 32.5. The molecule has 0 spiro atoms. The van der Waals surface area contributed by atoms with Gasteiger partial charge in [0.1, 0.15) is 13.2 Å². The SMILES string of the molecule is NC(=O)c1c(C(CCC(=O)OCc2ccccc2)C(=O)OCc2ccccc2)ccc2c1OCCCc1cc(N)ccc1C(=O)O2. The summed E-state index contributed by atoms with van der Waals surface area (Å²) < 4.78 is 22.8. The van der Waals surface area contributed by atoms with Gasteiger partial charge in [-0.1, -0.05) is 66.7 Å². The Morgan fingerprint density at radius 1 is 0.848 bits per heavy atom. The van der Waals surface area contributed by atoms with Crippen molar-refractivity contribution in [2.45, 2.75) is 44.8 Å². The number of rotatable bonds is 10. The Hall–Kier alpha value is -5.64. The molecule has 46 heavy (non-hydrogen) atoms. The lowest BCUT2D eigenvalue weighted by Crippen LogP contribution is -2.24. The Bertz CT molecular complexity index is 1720. The van der Waals surface area contributed by atoms with Crippen molar-refractivity contribution in [3.8, 4) is 11.5 Å². The van der Waals surface area contributed by atoms with Gasteiger partial charge in [-0.2, -0.15) is 0 Å². The first-order chi connectivity index (χ1) is 22.3. The number of primary amides is 1. The number of benzene rings is 4. The maximum atomic E-state index is 13.6. The maximum Gasteiger partial charge on any atom is 0.343 e. The largest absolute Gasteiger partial charge is 0.489 e. The van der Waals surface area contributed by atoms with Crippen molar-refractivity contribution in [3.05, 3.63) is 124 Å². The van der Waals surface area contributed by atoms with Crippen LogP contribution in [-0.4, -0.2) is 30.4 Å². The van der Waals surface area contributed by atoms with E-state index in [2.05, 4.69) is 0 Å². The van der Waals surface area contributed by atoms with Crippen LogP contribution in [0.2, 0.25) is 0 Å². The van der Waals surface area contributed by atoms with E-state index in [-0.39, 0.29) is 55.3 Å². The quantitative estimate of drug-likeness (QED) is 0.137. The number of aryl methyl sites for hydroxylation is 1. The third-order valence-corrected chi connectivity index (χ3v) is 7.55. The average molecular weight is 623 g/mol. The summed E-state index contributed by atoms with van der Waals surface area (Å²) in [7, 11) is 0. The number of esters is 3. The summed E-state index contributed by atoms with van der Waals surface area (Å²) in [6.45, 7) is 0.198. The van der Waals surface area contributed by atoms with E-state index >= 15 is 0 Å². The van der Waals surface area contributed by atoms with Gasteiger partial charge in [0.15, 0.2) is 11.5 Å². The molecule has 0 radical (unpaired) electrons. The van der Waals surface area contributed by atoms with Crippen molar-refractivity contribution in [1.29, 1.82) is 0 Å². The number of nitrogens with two attached hydrogens (primary N) is 2. The minimum absolute atomic E-state index is 0.0243. The van der Waals surface area contributed by atoms with Crippen molar-refractivity contribution in [2.24, 2.45) is 5.73 Å². The highest BCUT2D eigenvalue weighted by atomic mass is 16.6. The van der Waals surface area contributed by atoms with Gasteiger partial charge in [-0.15, -0.1) is 0 Å². The molecule has 0 aliphatic carbocycles. The molecule has 4 aromatic carbocycles. The number of amides is 1. The molecule has 236 valence electrons. The molecule has 10 heteroatoms. The zero-order valence-corrected chi connectivity index (χ0v) is 25.1. The van der Waals surface area contributed by atoms with Gasteiger partial charge < -0.3 is 30.4 Å². The average Bonchev–Trinajstić information content (AvgIpc) is 3.06. The first kappa shape index (κ1) is 31.8. The van der Waals surface area contributed by atoms with Gasteiger partial charge in [-0.25, -0.2) is 4.79 Å². The summed E-state index contributed by atoms with van der Waals surface area (Å²) in [5, 5.41) is 0. The minimum Gasteiger partial charge on any atom is -0.489 e. The predicted molar refractivity (Wildman–Crippen MR) is 169 cm³/mol. The molecule has 1 atom stereocenters. The number of ether oxygens (including phenoxy) is 4. The molecule has 1 heterocycles. The van der Waals surface area contributed by atoms with Crippen LogP contribution in [-0.2, 0) is 38.7 Å². The lowest BCUT2D eigenvalue weighted by molar-refractivity contribution is -0.148. The van der Waals surface area contributed by atoms with Crippen molar-refractivity contribution in [1.82, 2.24) is 0 Å². The van der Waals surface area contributed by atoms with Crippen LogP contribution < -0.4 is 20.9 Å². The molecule has 4 N–H and O–H groups in total. The number of hydrogen-bond acceptors (Lipinski definition) is 9. The third-order valence-electron chi connectivity index (χ3n) is 7.55. The van der Waals surface area contributed by atoms with Gasteiger partial charge in [0.05, 0.1) is 23.7 Å². The maximum absolute atomic E-state index is 13.6. The van der Waals surface area contributed by atoms with E-state index in [0.29, 0.717) is 29.7 Å². The lowest BCUT2D eigenvalue weighted by atomic mass is 9.89. The summed E-state index contributed by atoms with van der Waals surface area (Å²) in [4.78, 5) is 52.6. The minimum atomic E-state index is -1.10. The van der Waals surface area contributed by atoms with E-state index < -0.39 is 29.7 Å². The number of carbonyl (C=O) groups excluding carboxylic acids is 4. The standard InChI is InChI=1S/C36H34N2O8/c37-26-13-14-27-25(20-26)12-7-19-43-33-30(46-36(27)42)17-15-28(32(33)34(38)40)29(35(41)45-22-24-10-5-2-6-11-24)16-18-31(39)44-21-23-8-3-1-4-9-23/h1-6,8-11,13-15,17,20,29H,7,12,16,18-19,21-22,37H2,(H2,38,40). The summed E-state index contributed by atoms with van der Waals surface area (Å²) in [5.41, 5.74) is 15.0. The number of anilines is 1. The second-order valence-electron chi connectivity index (χ2n) is 10.8. The lowest BCUT2D eigenvalue weighted by Gasteiger charge is -2.23. The highest BCUT2D eigenvalue weighted by molar-refractivity contribution is 6.01. The van der Waals surface area contributed by atoms with Crippen LogP contribution in [0.3, 0.4) is 0 Å². The van der Waals surface area contributed by atoms with E-state index in [9.17, 15) is 19.2 Å². The van der Waals surface area contributed by atoms with E-state index in [1.54, 1.807) is 18.2 Å². The molecule has 1 aliphatic rings. The van der Waals surface area contributed by atoms with E-state index in [4.69, 9.17) is 30.4 Å². The van der Waals surface area contributed by atoms with Gasteiger partial charge in [-0.3, -0.25) is 14.4 Å². The van der Waals surface area contributed by atoms with Crippen LogP contribution in [0.5, 0.6) is 11.5 Å². The fourth-order valence-electron chi connectivity index (χ4n) is 5.26. The van der Waals surface area contributed by atoms with Crippen LogP contribution in [0.25, 0.3) is 0 Å². The predicted octanol–water partition coefficient (Wildman–Crippen LogP) is 5.26. The van der Waals surface area contributed by atoms with E-state index in [0.717, 1.165) is 11.1 Å². The van der Waals surface area contributed by atoms with E-state index in [1.165, 1.54) is 12.1 Å². The van der Waals surface area contributed by atoms with Crippen molar-refractivity contribution < 1.29 is 38.1 Å². The van der Waals surface area contributed by atoms with Crippen LogP contribution >= 0.6 is 0 Å². The third kappa shape index (κ3) is 7.89. The van der Waals surface area contributed by atoms with Crippen molar-refractivity contribution in [2.75, 3.05) is 12.3 Å². The number of fused-ring (bicyclic) bond motifs is 2. The molecule has 0 fully saturated rings. The molecule has 4 aromatic rings. The highest BCUT2D eigenvalue weighted by Crippen LogP contribution is 2.40. The molecular weight excluding hydrogens is 588 g/mol. The topological polar surface area (TPSA) is 157 Å². The van der Waals surface area contributed by atoms with Gasteiger partial charge in [0.2, 0.25) is 0 Å². The molecule has 1 amide bonds. The molecule has 0 saturated heterocycles. The van der Waals surface area contributed by atoms with Crippen LogP contribution in [0.1, 0.15) is 68.2 Å².